The van der Waals surface area contributed by atoms with Gasteiger partial charge in [-0.05, 0) is 38.1 Å². The summed E-state index contributed by atoms with van der Waals surface area (Å²) < 4.78 is 5.69. The Kier molecular flexibility index (Phi) is 3.74. The molecule has 1 N–H and O–H groups in total. The van der Waals surface area contributed by atoms with Crippen LogP contribution >= 0.6 is 0 Å². The molecule has 1 saturated heterocycles. The van der Waals surface area contributed by atoms with Gasteiger partial charge in [-0.25, -0.2) is 0 Å². The van der Waals surface area contributed by atoms with Crippen LogP contribution in [0.3, 0.4) is 0 Å². The van der Waals surface area contributed by atoms with Crippen LogP contribution in [-0.2, 0) is 6.61 Å². The van der Waals surface area contributed by atoms with Crippen LogP contribution in [0.25, 0.3) is 0 Å². The summed E-state index contributed by atoms with van der Waals surface area (Å²) in [5.41, 5.74) is 0.789. The van der Waals surface area contributed by atoms with E-state index >= 15 is 0 Å². The highest BCUT2D eigenvalue weighted by Gasteiger charge is 2.21. The van der Waals surface area contributed by atoms with Crippen LogP contribution < -0.4 is 4.74 Å². The molecule has 0 spiro atoms. The molecule has 1 atom stereocenters. The highest BCUT2D eigenvalue weighted by Crippen LogP contribution is 2.17. The second-order valence-corrected chi connectivity index (χ2v) is 4.27. The Hall–Kier alpha value is -1.13. The molecular weight excluding hydrogens is 204 g/mol. The quantitative estimate of drug-likeness (QED) is 0.827. The molecule has 0 amide bonds. The molecule has 16 heavy (non-hydrogen) atoms. The topological polar surface area (TPSA) is 45.6 Å². The predicted molar refractivity (Wildman–Crippen MR) is 61.3 cm³/mol. The zero-order valence-corrected chi connectivity index (χ0v) is 9.59. The van der Waals surface area contributed by atoms with Crippen molar-refractivity contribution in [3.8, 4) is 5.75 Å². The summed E-state index contributed by atoms with van der Waals surface area (Å²) in [5.74, 6) is 0.742. The minimum atomic E-state index is 0.00747. The number of aliphatic hydroxyl groups excluding tert-OH is 1. The largest absolute Gasteiger partial charge is 0.490 e. The third kappa shape index (κ3) is 2.71. The van der Waals surface area contributed by atoms with Crippen molar-refractivity contribution in [2.24, 2.45) is 0 Å². The van der Waals surface area contributed by atoms with Gasteiger partial charge in [-0.15, -0.1) is 0 Å². The van der Waals surface area contributed by atoms with E-state index in [0.29, 0.717) is 12.6 Å². The number of ether oxygens (including phenoxy) is 1. The van der Waals surface area contributed by atoms with Gasteiger partial charge in [-0.3, -0.25) is 4.98 Å². The van der Waals surface area contributed by atoms with E-state index in [0.717, 1.165) is 17.9 Å². The Morgan fingerprint density at radius 2 is 2.44 bits per heavy atom. The maximum Gasteiger partial charge on any atom is 0.138 e. The van der Waals surface area contributed by atoms with Gasteiger partial charge in [0.05, 0.1) is 12.8 Å². The Bertz CT molecular complexity index is 344. The Morgan fingerprint density at radius 3 is 3.12 bits per heavy atom. The minimum Gasteiger partial charge on any atom is -0.490 e. The standard InChI is InChI=1S/C12H18N2O2/c1-14-4-2-3-11(14)9-16-12-5-10(8-15)6-13-7-12/h5-7,11,15H,2-4,8-9H2,1H3/t11-/m0/s1. The van der Waals surface area contributed by atoms with Gasteiger partial charge in [0.2, 0.25) is 0 Å². The molecule has 0 aliphatic carbocycles. The number of nitrogens with zero attached hydrogens (tertiary/aromatic N) is 2. The highest BCUT2D eigenvalue weighted by molar-refractivity contribution is 5.22. The first kappa shape index (κ1) is 11.4. The summed E-state index contributed by atoms with van der Waals surface area (Å²) in [7, 11) is 2.13. The van der Waals surface area contributed by atoms with Gasteiger partial charge in [0.1, 0.15) is 12.4 Å². The summed E-state index contributed by atoms with van der Waals surface area (Å²) >= 11 is 0. The molecule has 0 saturated carbocycles. The Balaban J connectivity index is 1.88. The zero-order chi connectivity index (χ0) is 11.4. The predicted octanol–water partition coefficient (Wildman–Crippen LogP) is 1.05. The van der Waals surface area contributed by atoms with E-state index in [2.05, 4.69) is 16.9 Å². The molecular formula is C12H18N2O2. The van der Waals surface area contributed by atoms with Gasteiger partial charge in [0.15, 0.2) is 0 Å². The van der Waals surface area contributed by atoms with E-state index in [4.69, 9.17) is 9.84 Å². The number of hydrogen-bond acceptors (Lipinski definition) is 4. The molecule has 1 aliphatic heterocycles. The lowest BCUT2D eigenvalue weighted by Gasteiger charge is -2.19. The molecule has 88 valence electrons. The van der Waals surface area contributed by atoms with Crippen LogP contribution in [0.2, 0.25) is 0 Å². The fourth-order valence-corrected chi connectivity index (χ4v) is 2.01. The maximum absolute atomic E-state index is 8.98. The summed E-state index contributed by atoms with van der Waals surface area (Å²) in [6.07, 6.45) is 5.78. The summed E-state index contributed by atoms with van der Waals surface area (Å²) in [5, 5.41) is 8.98. The first-order valence-electron chi connectivity index (χ1n) is 5.67. The molecule has 0 radical (unpaired) electrons. The fourth-order valence-electron chi connectivity index (χ4n) is 2.01. The average molecular weight is 222 g/mol. The molecule has 1 aromatic rings. The lowest BCUT2D eigenvalue weighted by Crippen LogP contribution is -2.30. The molecule has 4 nitrogen and oxygen atoms in total. The lowest BCUT2D eigenvalue weighted by atomic mass is 10.2. The number of aliphatic hydroxyl groups is 1. The second-order valence-electron chi connectivity index (χ2n) is 4.27. The number of likely N-dealkylation sites (N-methyl/N-ethyl adjacent to an activating group) is 1. The SMILES string of the molecule is CN1CCC[C@H]1COc1cncc(CO)c1. The zero-order valence-electron chi connectivity index (χ0n) is 9.59. The van der Waals surface area contributed by atoms with E-state index in [9.17, 15) is 0 Å². The minimum absolute atomic E-state index is 0.00747. The fraction of sp³-hybridized carbons (Fsp3) is 0.583. The molecule has 2 heterocycles. The Morgan fingerprint density at radius 1 is 1.56 bits per heavy atom. The van der Waals surface area contributed by atoms with Crippen molar-refractivity contribution < 1.29 is 9.84 Å². The third-order valence-electron chi connectivity index (χ3n) is 3.07. The number of aromatic nitrogens is 1. The van der Waals surface area contributed by atoms with Crippen molar-refractivity contribution in [3.63, 3.8) is 0 Å². The van der Waals surface area contributed by atoms with Crippen LogP contribution in [0.5, 0.6) is 5.75 Å². The summed E-state index contributed by atoms with van der Waals surface area (Å²) in [6, 6.07) is 2.35. The van der Waals surface area contributed by atoms with Crippen LogP contribution in [0, 0.1) is 0 Å². The second kappa shape index (κ2) is 5.27. The van der Waals surface area contributed by atoms with Gasteiger partial charge >= 0.3 is 0 Å². The smallest absolute Gasteiger partial charge is 0.138 e. The molecule has 0 unspecified atom stereocenters. The van der Waals surface area contributed by atoms with Crippen LogP contribution in [-0.4, -0.2) is 41.2 Å². The normalized spacial score (nSPS) is 21.2. The monoisotopic (exact) mass is 222 g/mol. The molecule has 0 bridgehead atoms. The number of hydrogen-bond donors (Lipinski definition) is 1. The van der Waals surface area contributed by atoms with E-state index < -0.39 is 0 Å². The van der Waals surface area contributed by atoms with E-state index in [1.54, 1.807) is 12.4 Å². The Labute approximate surface area is 95.9 Å². The van der Waals surface area contributed by atoms with Crippen LogP contribution in [0.4, 0.5) is 0 Å². The molecule has 1 aromatic heterocycles. The van der Waals surface area contributed by atoms with Crippen molar-refractivity contribution in [2.45, 2.75) is 25.5 Å². The van der Waals surface area contributed by atoms with E-state index in [1.165, 1.54) is 12.8 Å². The molecule has 1 aliphatic rings. The molecule has 2 rings (SSSR count). The van der Waals surface area contributed by atoms with Gasteiger partial charge < -0.3 is 14.7 Å². The van der Waals surface area contributed by atoms with Crippen LogP contribution in [0.15, 0.2) is 18.5 Å². The maximum atomic E-state index is 8.98. The van der Waals surface area contributed by atoms with Gasteiger partial charge in [0.25, 0.3) is 0 Å². The summed E-state index contributed by atoms with van der Waals surface area (Å²) in [6.45, 7) is 1.86. The van der Waals surface area contributed by atoms with Crippen molar-refractivity contribution in [3.05, 3.63) is 24.0 Å². The number of likely N-dealkylation sites (tertiary alicyclic amines) is 1. The average Bonchev–Trinajstić information content (AvgIpc) is 2.72. The van der Waals surface area contributed by atoms with E-state index in [-0.39, 0.29) is 6.61 Å². The van der Waals surface area contributed by atoms with Crippen molar-refractivity contribution in [1.29, 1.82) is 0 Å². The molecule has 4 heteroatoms. The first-order chi connectivity index (χ1) is 7.79. The molecule has 0 aromatic carbocycles. The van der Waals surface area contributed by atoms with Gasteiger partial charge in [-0.1, -0.05) is 0 Å². The third-order valence-corrected chi connectivity index (χ3v) is 3.07. The van der Waals surface area contributed by atoms with Crippen molar-refractivity contribution in [1.82, 2.24) is 9.88 Å². The summed E-state index contributed by atoms with van der Waals surface area (Å²) in [4.78, 5) is 6.34. The number of pyridine rings is 1. The van der Waals surface area contributed by atoms with Gasteiger partial charge in [0, 0.05) is 12.2 Å². The lowest BCUT2D eigenvalue weighted by molar-refractivity contribution is 0.197. The first-order valence-corrected chi connectivity index (χ1v) is 5.67. The van der Waals surface area contributed by atoms with Crippen molar-refractivity contribution >= 4 is 0 Å². The highest BCUT2D eigenvalue weighted by atomic mass is 16.5. The van der Waals surface area contributed by atoms with Crippen molar-refractivity contribution in [2.75, 3.05) is 20.2 Å². The van der Waals surface area contributed by atoms with E-state index in [1.807, 2.05) is 6.07 Å². The van der Waals surface area contributed by atoms with Crippen LogP contribution in [0.1, 0.15) is 18.4 Å². The van der Waals surface area contributed by atoms with Gasteiger partial charge in [-0.2, -0.15) is 0 Å². The number of rotatable bonds is 4. The molecule has 1 fully saturated rings.